The number of hydrogen-bond acceptors (Lipinski definition) is 2. The molecule has 3 aromatic rings. The van der Waals surface area contributed by atoms with Gasteiger partial charge < -0.3 is 4.90 Å². The Morgan fingerprint density at radius 3 is 2.21 bits per heavy atom. The van der Waals surface area contributed by atoms with Crippen LogP contribution in [0.5, 0.6) is 0 Å². The molecule has 0 bridgehead atoms. The number of nitrogens with one attached hydrogen (secondary N) is 1. The molecule has 29 heavy (non-hydrogen) atoms. The summed E-state index contributed by atoms with van der Waals surface area (Å²) in [7, 11) is -1.30. The van der Waals surface area contributed by atoms with Crippen molar-refractivity contribution in [2.75, 3.05) is 18.0 Å². The maximum absolute atomic E-state index is 13.2. The van der Waals surface area contributed by atoms with Crippen LogP contribution in [0.25, 0.3) is 0 Å². The fourth-order valence-electron chi connectivity index (χ4n) is 3.95. The van der Waals surface area contributed by atoms with Crippen LogP contribution >= 0.6 is 0 Å². The fourth-order valence-corrected chi connectivity index (χ4v) is 4.94. The van der Waals surface area contributed by atoms with Crippen molar-refractivity contribution >= 4 is 16.7 Å². The third-order valence-corrected chi connectivity index (χ3v) is 6.69. The van der Waals surface area contributed by atoms with Crippen LogP contribution in [0.15, 0.2) is 83.8 Å². The van der Waals surface area contributed by atoms with E-state index in [1.807, 2.05) is 49.4 Å². The van der Waals surface area contributed by atoms with Gasteiger partial charge in [-0.1, -0.05) is 66.2 Å². The first-order valence-electron chi connectivity index (χ1n) is 10.4. The van der Waals surface area contributed by atoms with Crippen molar-refractivity contribution in [1.82, 2.24) is 4.72 Å². The van der Waals surface area contributed by atoms with E-state index in [0.717, 1.165) is 23.5 Å². The molecule has 3 nitrogen and oxygen atoms in total. The lowest BCUT2D eigenvalue weighted by Gasteiger charge is -2.33. The van der Waals surface area contributed by atoms with Gasteiger partial charge in [0.1, 0.15) is 11.0 Å². The van der Waals surface area contributed by atoms with Crippen molar-refractivity contribution < 1.29 is 4.21 Å². The Morgan fingerprint density at radius 2 is 1.48 bits per heavy atom. The molecule has 0 saturated carbocycles. The number of benzene rings is 3. The van der Waals surface area contributed by atoms with Gasteiger partial charge in [-0.05, 0) is 55.5 Å². The molecule has 0 radical (unpaired) electrons. The zero-order valence-electron chi connectivity index (χ0n) is 16.9. The molecule has 1 aliphatic heterocycles. The Balaban J connectivity index is 1.70. The van der Waals surface area contributed by atoms with Gasteiger partial charge in [0, 0.05) is 18.8 Å². The summed E-state index contributed by atoms with van der Waals surface area (Å²) in [5.41, 5.74) is 4.72. The molecule has 0 unspecified atom stereocenters. The highest BCUT2D eigenvalue weighted by molar-refractivity contribution is 7.83. The molecule has 0 amide bonds. The highest BCUT2D eigenvalue weighted by atomic mass is 32.2. The summed E-state index contributed by atoms with van der Waals surface area (Å²) in [5.74, 6) is 0. The van der Waals surface area contributed by atoms with Crippen LogP contribution in [-0.2, 0) is 11.0 Å². The molecular formula is C25H28N2OS. The second-order valence-corrected chi connectivity index (χ2v) is 8.89. The van der Waals surface area contributed by atoms with E-state index in [2.05, 4.69) is 46.0 Å². The Kier molecular flexibility index (Phi) is 6.43. The lowest BCUT2D eigenvalue weighted by molar-refractivity contribution is 0.574. The van der Waals surface area contributed by atoms with Gasteiger partial charge in [0.05, 0.1) is 10.9 Å². The number of piperidine rings is 1. The molecule has 0 aliphatic carbocycles. The number of nitrogens with zero attached hydrogens (tertiary/aromatic N) is 1. The summed E-state index contributed by atoms with van der Waals surface area (Å²) < 4.78 is 16.6. The summed E-state index contributed by atoms with van der Waals surface area (Å²) in [4.78, 5) is 3.28. The van der Waals surface area contributed by atoms with Crippen LogP contribution in [0.3, 0.4) is 0 Å². The number of hydrogen-bond donors (Lipinski definition) is 1. The van der Waals surface area contributed by atoms with Crippen molar-refractivity contribution in [3.63, 3.8) is 0 Å². The topological polar surface area (TPSA) is 32.3 Å². The third kappa shape index (κ3) is 4.77. The van der Waals surface area contributed by atoms with Gasteiger partial charge in [0.2, 0.25) is 0 Å². The molecule has 0 spiro atoms. The van der Waals surface area contributed by atoms with Gasteiger partial charge in [-0.15, -0.1) is 0 Å². The maximum Gasteiger partial charge on any atom is 0.125 e. The molecule has 150 valence electrons. The van der Waals surface area contributed by atoms with Gasteiger partial charge in [-0.25, -0.2) is 8.93 Å². The number of rotatable bonds is 6. The van der Waals surface area contributed by atoms with E-state index >= 15 is 0 Å². The lowest BCUT2D eigenvalue weighted by Crippen LogP contribution is -2.32. The van der Waals surface area contributed by atoms with Gasteiger partial charge in [0.15, 0.2) is 0 Å². The summed E-state index contributed by atoms with van der Waals surface area (Å²) in [6.45, 7) is 4.21. The standard InChI is InChI=1S/C25H28N2OS/c1-20-14-16-22(17-15-20)29(28)26-25(21-10-4-2-5-11-21)23-12-6-7-13-24(23)27-18-8-3-9-19-27/h2,4-7,10-17,25-26H,3,8-9,18-19H2,1H3/t25-,29+/m1/s1. The van der Waals surface area contributed by atoms with Crippen LogP contribution in [0, 0.1) is 6.92 Å². The smallest absolute Gasteiger partial charge is 0.125 e. The maximum atomic E-state index is 13.2. The zero-order chi connectivity index (χ0) is 20.1. The third-order valence-electron chi connectivity index (χ3n) is 5.54. The Labute approximate surface area is 176 Å². The van der Waals surface area contributed by atoms with E-state index in [-0.39, 0.29) is 6.04 Å². The molecule has 1 fully saturated rings. The van der Waals surface area contributed by atoms with Crippen LogP contribution in [0.4, 0.5) is 5.69 Å². The van der Waals surface area contributed by atoms with Crippen molar-refractivity contribution in [2.45, 2.75) is 37.1 Å². The quantitative estimate of drug-likeness (QED) is 0.598. The van der Waals surface area contributed by atoms with Crippen LogP contribution < -0.4 is 9.62 Å². The minimum absolute atomic E-state index is 0.142. The molecular weight excluding hydrogens is 376 g/mol. The predicted molar refractivity (Wildman–Crippen MR) is 122 cm³/mol. The average Bonchev–Trinajstić information content (AvgIpc) is 2.79. The van der Waals surface area contributed by atoms with Crippen LogP contribution in [0.2, 0.25) is 0 Å². The number of anilines is 1. The first-order valence-corrected chi connectivity index (χ1v) is 11.5. The van der Waals surface area contributed by atoms with Gasteiger partial charge >= 0.3 is 0 Å². The van der Waals surface area contributed by atoms with E-state index in [1.54, 1.807) is 0 Å². The zero-order valence-corrected chi connectivity index (χ0v) is 17.7. The van der Waals surface area contributed by atoms with Gasteiger partial charge in [-0.2, -0.15) is 0 Å². The summed E-state index contributed by atoms with van der Waals surface area (Å²) in [5, 5.41) is 0. The SMILES string of the molecule is Cc1ccc([S@](=O)N[C@H](c2ccccc2)c2ccccc2N2CCCCC2)cc1. The summed E-state index contributed by atoms with van der Waals surface area (Å²) >= 11 is 0. The molecule has 4 rings (SSSR count). The minimum Gasteiger partial charge on any atom is -0.371 e. The first-order chi connectivity index (χ1) is 14.2. The normalized spacial score (nSPS) is 16.4. The number of aryl methyl sites for hydroxylation is 1. The van der Waals surface area contributed by atoms with E-state index in [1.165, 1.54) is 36.1 Å². The van der Waals surface area contributed by atoms with Crippen molar-refractivity contribution in [3.8, 4) is 0 Å². The van der Waals surface area contributed by atoms with Crippen molar-refractivity contribution in [2.24, 2.45) is 0 Å². The molecule has 3 aromatic carbocycles. The van der Waals surface area contributed by atoms with E-state index in [4.69, 9.17) is 0 Å². The first kappa shape index (κ1) is 19.9. The average molecular weight is 405 g/mol. The predicted octanol–water partition coefficient (Wildman–Crippen LogP) is 5.39. The van der Waals surface area contributed by atoms with Gasteiger partial charge in [0.25, 0.3) is 0 Å². The Bertz CT molecular complexity index is 950. The molecule has 4 heteroatoms. The molecule has 1 saturated heterocycles. The summed E-state index contributed by atoms with van der Waals surface area (Å²) in [6.07, 6.45) is 3.76. The van der Waals surface area contributed by atoms with E-state index in [0.29, 0.717) is 0 Å². The van der Waals surface area contributed by atoms with Crippen molar-refractivity contribution in [3.05, 3.63) is 95.6 Å². The van der Waals surface area contributed by atoms with Crippen LogP contribution in [-0.4, -0.2) is 17.3 Å². The highest BCUT2D eigenvalue weighted by Crippen LogP contribution is 2.33. The largest absolute Gasteiger partial charge is 0.371 e. The molecule has 1 N–H and O–H groups in total. The van der Waals surface area contributed by atoms with E-state index < -0.39 is 11.0 Å². The minimum atomic E-state index is -1.30. The molecule has 1 aliphatic rings. The fraction of sp³-hybridized carbons (Fsp3) is 0.280. The van der Waals surface area contributed by atoms with Crippen molar-refractivity contribution in [1.29, 1.82) is 0 Å². The van der Waals surface area contributed by atoms with Gasteiger partial charge in [-0.3, -0.25) is 0 Å². The second-order valence-electron chi connectivity index (χ2n) is 7.65. The monoisotopic (exact) mass is 404 g/mol. The lowest BCUT2D eigenvalue weighted by atomic mass is 9.96. The van der Waals surface area contributed by atoms with Crippen LogP contribution in [0.1, 0.15) is 42.0 Å². The molecule has 0 aromatic heterocycles. The second kappa shape index (κ2) is 9.38. The number of para-hydroxylation sites is 1. The molecule has 2 atom stereocenters. The Hall–Kier alpha value is -2.43. The Morgan fingerprint density at radius 1 is 0.828 bits per heavy atom. The van der Waals surface area contributed by atoms with E-state index in [9.17, 15) is 4.21 Å². The summed E-state index contributed by atoms with van der Waals surface area (Å²) in [6, 6.07) is 26.6. The highest BCUT2D eigenvalue weighted by Gasteiger charge is 2.23. The molecule has 1 heterocycles.